The number of allylic oxidation sites excluding steroid dienone is 8. The van der Waals surface area contributed by atoms with Gasteiger partial charge in [-0.1, -0.05) is 99.5 Å². The lowest BCUT2D eigenvalue weighted by Crippen LogP contribution is -2.08. The number of hydrogen-bond acceptors (Lipinski definition) is 0. The first-order chi connectivity index (χ1) is 16.0. The zero-order valence-electron chi connectivity index (χ0n) is 20.9. The van der Waals surface area contributed by atoms with Crippen molar-refractivity contribution < 1.29 is 0 Å². The molecule has 3 aliphatic carbocycles. The van der Waals surface area contributed by atoms with E-state index in [4.69, 9.17) is 0 Å². The molecule has 0 aliphatic heterocycles. The predicted octanol–water partition coefficient (Wildman–Crippen LogP) is 8.70. The van der Waals surface area contributed by atoms with Gasteiger partial charge in [0.1, 0.15) is 0 Å². The third kappa shape index (κ3) is 4.58. The van der Waals surface area contributed by atoms with Crippen molar-refractivity contribution in [3.63, 3.8) is 0 Å². The van der Waals surface area contributed by atoms with Crippen LogP contribution in [-0.2, 0) is 25.7 Å². The molecule has 0 heterocycles. The van der Waals surface area contributed by atoms with Crippen molar-refractivity contribution in [2.45, 2.75) is 72.6 Å². The Bertz CT molecular complexity index is 1180. The molecule has 170 valence electrons. The second kappa shape index (κ2) is 9.34. The Hall–Kier alpha value is -2.60. The van der Waals surface area contributed by atoms with Crippen molar-refractivity contribution in [1.82, 2.24) is 0 Å². The van der Waals surface area contributed by atoms with Crippen LogP contribution in [0.5, 0.6) is 0 Å². The summed E-state index contributed by atoms with van der Waals surface area (Å²) in [5.74, 6) is 1.36. The summed E-state index contributed by atoms with van der Waals surface area (Å²) in [6.45, 7) is 9.30. The standard InChI is InChI=1S/C33H38/c1-5-24-6-7-28(18-24)32-15-10-25-9-14-30-21-33(16-11-26(30)8-13-29(25)20-32)31-17-12-27(19-31)23(4)22(2)3/h6-7,10-12,15-17,20-23H,5,8-9,13-14,18-19H2,1-4H3. The van der Waals surface area contributed by atoms with Crippen molar-refractivity contribution >= 4 is 11.1 Å². The van der Waals surface area contributed by atoms with E-state index in [-0.39, 0.29) is 0 Å². The highest BCUT2D eigenvalue weighted by Gasteiger charge is 2.20. The van der Waals surface area contributed by atoms with E-state index in [0.29, 0.717) is 11.8 Å². The van der Waals surface area contributed by atoms with Crippen LogP contribution in [-0.4, -0.2) is 0 Å². The van der Waals surface area contributed by atoms with Gasteiger partial charge in [-0.25, -0.2) is 0 Å². The van der Waals surface area contributed by atoms with Crippen LogP contribution in [0.25, 0.3) is 11.1 Å². The quantitative estimate of drug-likeness (QED) is 0.441. The van der Waals surface area contributed by atoms with Gasteiger partial charge in [0.05, 0.1) is 0 Å². The summed E-state index contributed by atoms with van der Waals surface area (Å²) in [4.78, 5) is 0. The minimum Gasteiger partial charge on any atom is -0.0661 e. The number of benzene rings is 2. The van der Waals surface area contributed by atoms with Crippen LogP contribution in [0.15, 0.2) is 71.8 Å². The summed E-state index contributed by atoms with van der Waals surface area (Å²) in [6.07, 6.45) is 17.4. The minimum atomic E-state index is 0.661. The fourth-order valence-electron chi connectivity index (χ4n) is 5.65. The maximum absolute atomic E-state index is 2.50. The third-order valence-corrected chi connectivity index (χ3v) is 8.35. The van der Waals surface area contributed by atoms with Gasteiger partial charge in [0.25, 0.3) is 0 Å². The Labute approximate surface area is 200 Å². The maximum atomic E-state index is 2.50. The van der Waals surface area contributed by atoms with Crippen LogP contribution in [0.3, 0.4) is 0 Å². The minimum absolute atomic E-state index is 0.661. The van der Waals surface area contributed by atoms with E-state index in [1.54, 1.807) is 33.4 Å². The van der Waals surface area contributed by atoms with Crippen LogP contribution in [0.1, 0.15) is 80.3 Å². The number of fused-ring (bicyclic) bond motifs is 2. The predicted molar refractivity (Wildman–Crippen MR) is 143 cm³/mol. The van der Waals surface area contributed by atoms with Gasteiger partial charge in [0.2, 0.25) is 0 Å². The molecule has 0 radical (unpaired) electrons. The van der Waals surface area contributed by atoms with Crippen LogP contribution in [0.4, 0.5) is 0 Å². The average Bonchev–Trinajstić information content (AvgIpc) is 3.50. The molecule has 0 spiro atoms. The van der Waals surface area contributed by atoms with Crippen molar-refractivity contribution in [3.8, 4) is 0 Å². The van der Waals surface area contributed by atoms with Crippen LogP contribution < -0.4 is 0 Å². The number of aryl methyl sites for hydroxylation is 4. The highest BCUT2D eigenvalue weighted by Crippen LogP contribution is 2.36. The second-order valence-electron chi connectivity index (χ2n) is 10.7. The van der Waals surface area contributed by atoms with E-state index in [9.17, 15) is 0 Å². The van der Waals surface area contributed by atoms with Crippen molar-refractivity contribution in [1.29, 1.82) is 0 Å². The molecule has 0 heteroatoms. The molecule has 5 rings (SSSR count). The largest absolute Gasteiger partial charge is 0.0661 e. The molecule has 0 saturated carbocycles. The van der Waals surface area contributed by atoms with E-state index in [1.165, 1.54) is 22.3 Å². The lowest BCUT2D eigenvalue weighted by molar-refractivity contribution is 0.476. The van der Waals surface area contributed by atoms with E-state index in [1.807, 2.05) is 0 Å². The first-order valence-electron chi connectivity index (χ1n) is 13.0. The maximum Gasteiger partial charge on any atom is -0.00553 e. The van der Waals surface area contributed by atoms with Gasteiger partial charge in [0, 0.05) is 0 Å². The summed E-state index contributed by atoms with van der Waals surface area (Å²) in [5, 5.41) is 0. The van der Waals surface area contributed by atoms with Crippen LogP contribution in [0, 0.1) is 11.8 Å². The van der Waals surface area contributed by atoms with E-state index < -0.39 is 0 Å². The Morgan fingerprint density at radius 2 is 1.18 bits per heavy atom. The molecule has 1 unspecified atom stereocenters. The summed E-state index contributed by atoms with van der Waals surface area (Å²) in [7, 11) is 0. The molecule has 2 aromatic carbocycles. The highest BCUT2D eigenvalue weighted by atomic mass is 14.2. The van der Waals surface area contributed by atoms with Gasteiger partial charge in [-0.3, -0.25) is 0 Å². The Morgan fingerprint density at radius 1 is 0.636 bits per heavy atom. The van der Waals surface area contributed by atoms with Crippen LogP contribution in [0.2, 0.25) is 0 Å². The molecule has 0 aromatic heterocycles. The molecule has 0 amide bonds. The smallest absolute Gasteiger partial charge is 0.00553 e. The Balaban J connectivity index is 1.31. The van der Waals surface area contributed by atoms with Gasteiger partial charge in [-0.2, -0.15) is 0 Å². The second-order valence-corrected chi connectivity index (χ2v) is 10.7. The fourth-order valence-corrected chi connectivity index (χ4v) is 5.65. The van der Waals surface area contributed by atoms with E-state index in [0.717, 1.165) is 44.9 Å². The van der Waals surface area contributed by atoms with Gasteiger partial charge < -0.3 is 0 Å². The number of rotatable bonds is 5. The van der Waals surface area contributed by atoms with Gasteiger partial charge in [-0.15, -0.1) is 0 Å². The number of hydrogen-bond donors (Lipinski definition) is 0. The Morgan fingerprint density at radius 3 is 1.73 bits per heavy atom. The summed E-state index contributed by atoms with van der Waals surface area (Å²) in [6, 6.07) is 14.6. The summed E-state index contributed by atoms with van der Waals surface area (Å²) >= 11 is 0. The zero-order valence-corrected chi connectivity index (χ0v) is 20.9. The monoisotopic (exact) mass is 434 g/mol. The first-order valence-corrected chi connectivity index (χ1v) is 13.0. The van der Waals surface area contributed by atoms with Crippen molar-refractivity contribution in [3.05, 3.63) is 105 Å². The molecule has 0 fully saturated rings. The first kappa shape index (κ1) is 22.2. The Kier molecular flexibility index (Phi) is 6.28. The lowest BCUT2D eigenvalue weighted by atomic mass is 9.85. The molecule has 3 aliphatic rings. The van der Waals surface area contributed by atoms with Crippen molar-refractivity contribution in [2.24, 2.45) is 11.8 Å². The van der Waals surface area contributed by atoms with E-state index >= 15 is 0 Å². The van der Waals surface area contributed by atoms with Crippen LogP contribution >= 0.6 is 0 Å². The fraction of sp³-hybridized carbons (Fsp3) is 0.394. The molecule has 0 bridgehead atoms. The van der Waals surface area contributed by atoms with Crippen molar-refractivity contribution in [2.75, 3.05) is 0 Å². The average molecular weight is 435 g/mol. The van der Waals surface area contributed by atoms with Gasteiger partial charge >= 0.3 is 0 Å². The molecular formula is C33H38. The summed E-state index contributed by atoms with van der Waals surface area (Å²) in [5.41, 5.74) is 15.2. The zero-order chi connectivity index (χ0) is 22.9. The normalized spacial score (nSPS) is 18.6. The topological polar surface area (TPSA) is 0 Å². The highest BCUT2D eigenvalue weighted by molar-refractivity contribution is 5.74. The molecule has 33 heavy (non-hydrogen) atoms. The van der Waals surface area contributed by atoms with Gasteiger partial charge in [0.15, 0.2) is 0 Å². The molecular weight excluding hydrogens is 396 g/mol. The third-order valence-electron chi connectivity index (χ3n) is 8.35. The molecule has 0 N–H and O–H groups in total. The lowest BCUT2D eigenvalue weighted by Gasteiger charge is -2.20. The van der Waals surface area contributed by atoms with Gasteiger partial charge in [-0.05, 0) is 101 Å². The molecule has 1 atom stereocenters. The SMILES string of the molecule is CCC1=CC=C(c2ccc3c(c2)CCc2ccc(C4=CC=C(C(C)C(C)C)C4)cc2CC3)C1. The molecule has 0 saturated heterocycles. The molecule has 2 aromatic rings. The van der Waals surface area contributed by atoms with E-state index in [2.05, 4.69) is 88.4 Å². The summed E-state index contributed by atoms with van der Waals surface area (Å²) < 4.78 is 0. The molecule has 0 nitrogen and oxygen atoms in total.